The summed E-state index contributed by atoms with van der Waals surface area (Å²) in [7, 11) is 3.15. The summed E-state index contributed by atoms with van der Waals surface area (Å²) in [5.74, 6) is -0.407. The number of pyridine rings is 1. The number of hydrogen-bond donors (Lipinski definition) is 0. The summed E-state index contributed by atoms with van der Waals surface area (Å²) in [6, 6.07) is 1.69. The number of aryl methyl sites for hydroxylation is 1. The van der Waals surface area contributed by atoms with Gasteiger partial charge in [-0.1, -0.05) is 11.6 Å². The lowest BCUT2D eigenvalue weighted by molar-refractivity contribution is 0.0602. The number of fused-ring (bicyclic) bond motifs is 1. The predicted octanol–water partition coefficient (Wildman–Crippen LogP) is 2.01. The standard InChI is InChI=1S/C10H9ClN2O2/c1-13-5-6(10(14)15-2)8-9(13)7(11)3-4-12-8/h3-5H,1-2H3. The zero-order valence-electron chi connectivity index (χ0n) is 8.32. The molecule has 0 saturated carbocycles. The molecule has 78 valence electrons. The summed E-state index contributed by atoms with van der Waals surface area (Å²) in [5, 5.41) is 0.567. The van der Waals surface area contributed by atoms with Crippen molar-refractivity contribution >= 4 is 28.6 Å². The fourth-order valence-corrected chi connectivity index (χ4v) is 1.82. The zero-order valence-corrected chi connectivity index (χ0v) is 9.08. The molecule has 0 spiro atoms. The van der Waals surface area contributed by atoms with E-state index < -0.39 is 5.97 Å². The summed E-state index contributed by atoms with van der Waals surface area (Å²) in [6.45, 7) is 0. The van der Waals surface area contributed by atoms with Crippen LogP contribution in [0.15, 0.2) is 18.5 Å². The van der Waals surface area contributed by atoms with Crippen LogP contribution in [0.2, 0.25) is 5.02 Å². The molecule has 2 rings (SSSR count). The van der Waals surface area contributed by atoms with Gasteiger partial charge in [0.15, 0.2) is 0 Å². The molecule has 0 bridgehead atoms. The van der Waals surface area contributed by atoms with E-state index in [4.69, 9.17) is 11.6 Å². The van der Waals surface area contributed by atoms with Crippen molar-refractivity contribution in [1.29, 1.82) is 0 Å². The number of rotatable bonds is 1. The van der Waals surface area contributed by atoms with Crippen molar-refractivity contribution < 1.29 is 9.53 Å². The summed E-state index contributed by atoms with van der Waals surface area (Å²) >= 11 is 6.01. The molecule has 0 atom stereocenters. The number of hydrogen-bond acceptors (Lipinski definition) is 3. The molecule has 5 heteroatoms. The van der Waals surface area contributed by atoms with Crippen molar-refractivity contribution in [3.8, 4) is 0 Å². The van der Waals surface area contributed by atoms with Gasteiger partial charge in [0.05, 0.1) is 17.6 Å². The van der Waals surface area contributed by atoms with Crippen molar-refractivity contribution in [2.24, 2.45) is 7.05 Å². The first-order valence-corrected chi connectivity index (χ1v) is 4.70. The molecule has 0 N–H and O–H groups in total. The Kier molecular flexibility index (Phi) is 2.36. The number of esters is 1. The lowest BCUT2D eigenvalue weighted by Gasteiger charge is -1.97. The van der Waals surface area contributed by atoms with Gasteiger partial charge in [0.2, 0.25) is 0 Å². The van der Waals surface area contributed by atoms with Crippen molar-refractivity contribution in [2.45, 2.75) is 0 Å². The minimum atomic E-state index is -0.407. The summed E-state index contributed by atoms with van der Waals surface area (Å²) in [6.07, 6.45) is 3.23. The van der Waals surface area contributed by atoms with E-state index in [1.165, 1.54) is 7.11 Å². The summed E-state index contributed by atoms with van der Waals surface area (Å²) in [4.78, 5) is 15.6. The van der Waals surface area contributed by atoms with E-state index in [9.17, 15) is 4.79 Å². The van der Waals surface area contributed by atoms with Crippen molar-refractivity contribution in [3.63, 3.8) is 0 Å². The van der Waals surface area contributed by atoms with Gasteiger partial charge in [0.25, 0.3) is 0 Å². The highest BCUT2D eigenvalue weighted by molar-refractivity contribution is 6.35. The normalized spacial score (nSPS) is 10.6. The first-order valence-electron chi connectivity index (χ1n) is 4.33. The smallest absolute Gasteiger partial charge is 0.341 e. The SMILES string of the molecule is COC(=O)c1cn(C)c2c(Cl)ccnc12. The maximum Gasteiger partial charge on any atom is 0.341 e. The highest BCUT2D eigenvalue weighted by atomic mass is 35.5. The number of carbonyl (C=O) groups excluding carboxylic acids is 1. The van der Waals surface area contributed by atoms with Crippen molar-refractivity contribution in [1.82, 2.24) is 9.55 Å². The molecule has 0 aliphatic carbocycles. The first kappa shape index (κ1) is 9.98. The van der Waals surface area contributed by atoms with Gasteiger partial charge < -0.3 is 9.30 Å². The van der Waals surface area contributed by atoms with Gasteiger partial charge in [-0.3, -0.25) is 4.98 Å². The molecule has 2 aromatic heterocycles. The topological polar surface area (TPSA) is 44.1 Å². The van der Waals surface area contributed by atoms with Gasteiger partial charge in [-0.05, 0) is 6.07 Å². The minimum Gasteiger partial charge on any atom is -0.465 e. The Balaban J connectivity index is 2.79. The van der Waals surface area contributed by atoms with Crippen LogP contribution in [-0.2, 0) is 11.8 Å². The minimum absolute atomic E-state index is 0.407. The van der Waals surface area contributed by atoms with Crippen molar-refractivity contribution in [3.05, 3.63) is 29.0 Å². The second-order valence-corrected chi connectivity index (χ2v) is 3.54. The van der Waals surface area contributed by atoms with Crippen LogP contribution < -0.4 is 0 Å². The lowest BCUT2D eigenvalue weighted by atomic mass is 10.3. The molecular weight excluding hydrogens is 216 g/mol. The molecule has 0 unspecified atom stereocenters. The average Bonchev–Trinajstić information content (AvgIpc) is 2.56. The Labute approximate surface area is 91.4 Å². The second-order valence-electron chi connectivity index (χ2n) is 3.14. The third-order valence-corrected chi connectivity index (χ3v) is 2.52. The number of methoxy groups -OCH3 is 1. The fourth-order valence-electron chi connectivity index (χ4n) is 1.54. The van der Waals surface area contributed by atoms with Crippen LogP contribution in [-0.4, -0.2) is 22.6 Å². The Bertz CT molecular complexity index is 533. The van der Waals surface area contributed by atoms with Crippen molar-refractivity contribution in [2.75, 3.05) is 7.11 Å². The summed E-state index contributed by atoms with van der Waals surface area (Å²) < 4.78 is 6.42. The van der Waals surface area contributed by atoms with Gasteiger partial charge in [-0.2, -0.15) is 0 Å². The Morgan fingerprint density at radius 1 is 1.60 bits per heavy atom. The number of nitrogens with zero attached hydrogens (tertiary/aromatic N) is 2. The summed E-state index contributed by atoms with van der Waals surface area (Å²) in [5.41, 5.74) is 1.73. The third kappa shape index (κ3) is 1.47. The largest absolute Gasteiger partial charge is 0.465 e. The number of carbonyl (C=O) groups is 1. The quantitative estimate of drug-likeness (QED) is 0.696. The Morgan fingerprint density at radius 3 is 3.00 bits per heavy atom. The van der Waals surface area contributed by atoms with Crippen LogP contribution in [0.4, 0.5) is 0 Å². The van der Waals surface area contributed by atoms with E-state index in [0.717, 1.165) is 5.52 Å². The van der Waals surface area contributed by atoms with E-state index in [0.29, 0.717) is 16.1 Å². The highest BCUT2D eigenvalue weighted by Gasteiger charge is 2.16. The zero-order chi connectivity index (χ0) is 11.0. The predicted molar refractivity (Wildman–Crippen MR) is 57.1 cm³/mol. The molecule has 0 amide bonds. The van der Waals surface area contributed by atoms with Crippen LogP contribution in [0.5, 0.6) is 0 Å². The van der Waals surface area contributed by atoms with E-state index in [1.807, 2.05) is 7.05 Å². The maximum atomic E-state index is 11.4. The van der Waals surface area contributed by atoms with Crippen LogP contribution in [0.1, 0.15) is 10.4 Å². The fraction of sp³-hybridized carbons (Fsp3) is 0.200. The molecule has 0 aliphatic heterocycles. The van der Waals surface area contributed by atoms with Gasteiger partial charge in [-0.25, -0.2) is 4.79 Å². The third-order valence-electron chi connectivity index (χ3n) is 2.21. The number of aromatic nitrogens is 2. The first-order chi connectivity index (χ1) is 7.15. The maximum absolute atomic E-state index is 11.4. The van der Waals surface area contributed by atoms with E-state index in [-0.39, 0.29) is 0 Å². The second kappa shape index (κ2) is 3.55. The van der Waals surface area contributed by atoms with E-state index in [1.54, 1.807) is 23.0 Å². The molecule has 0 aromatic carbocycles. The monoisotopic (exact) mass is 224 g/mol. The Hall–Kier alpha value is -1.55. The molecule has 2 heterocycles. The van der Waals surface area contributed by atoms with Crippen LogP contribution >= 0.6 is 11.6 Å². The number of ether oxygens (including phenoxy) is 1. The molecule has 2 aromatic rings. The van der Waals surface area contributed by atoms with Gasteiger partial charge >= 0.3 is 5.97 Å². The molecular formula is C10H9ClN2O2. The lowest BCUT2D eigenvalue weighted by Crippen LogP contribution is -2.00. The molecule has 0 radical (unpaired) electrons. The van der Waals surface area contributed by atoms with E-state index in [2.05, 4.69) is 9.72 Å². The molecule has 0 aliphatic rings. The highest BCUT2D eigenvalue weighted by Crippen LogP contribution is 2.25. The molecule has 0 fully saturated rings. The van der Waals surface area contributed by atoms with Crippen LogP contribution in [0.25, 0.3) is 11.0 Å². The molecule has 4 nitrogen and oxygen atoms in total. The number of halogens is 1. The molecule has 0 saturated heterocycles. The molecule has 15 heavy (non-hydrogen) atoms. The van der Waals surface area contributed by atoms with Crippen LogP contribution in [0.3, 0.4) is 0 Å². The average molecular weight is 225 g/mol. The van der Waals surface area contributed by atoms with Gasteiger partial charge in [0, 0.05) is 19.4 Å². The van der Waals surface area contributed by atoms with Gasteiger partial charge in [-0.15, -0.1) is 0 Å². The Morgan fingerprint density at radius 2 is 2.33 bits per heavy atom. The van der Waals surface area contributed by atoms with Gasteiger partial charge in [0.1, 0.15) is 11.1 Å². The van der Waals surface area contributed by atoms with Crippen LogP contribution in [0, 0.1) is 0 Å². The van der Waals surface area contributed by atoms with E-state index >= 15 is 0 Å².